The fraction of sp³-hybridized carbons (Fsp3) is 0.115. The Morgan fingerprint density at radius 2 is 2.11 bits per heavy atom. The van der Waals surface area contributed by atoms with Crippen molar-refractivity contribution in [2.75, 3.05) is 24.2 Å². The topological polar surface area (TPSA) is 94.8 Å². The van der Waals surface area contributed by atoms with Crippen LogP contribution in [0.25, 0.3) is 10.9 Å². The van der Waals surface area contributed by atoms with Crippen LogP contribution >= 0.6 is 11.3 Å². The molecule has 2 heterocycles. The van der Waals surface area contributed by atoms with Gasteiger partial charge in [0.05, 0.1) is 35.2 Å². The minimum absolute atomic E-state index is 0.147. The quantitative estimate of drug-likeness (QED) is 0.190. The second-order valence-corrected chi connectivity index (χ2v) is 8.49. The van der Waals surface area contributed by atoms with Gasteiger partial charge in [-0.2, -0.15) is 5.10 Å². The van der Waals surface area contributed by atoms with Gasteiger partial charge in [0.25, 0.3) is 5.91 Å². The average molecular weight is 485 g/mol. The van der Waals surface area contributed by atoms with E-state index in [1.807, 2.05) is 40.9 Å². The van der Waals surface area contributed by atoms with Crippen LogP contribution in [0.4, 0.5) is 15.1 Å². The molecule has 0 unspecified atom stereocenters. The molecule has 0 fully saturated rings. The molecule has 4 rings (SSSR count). The monoisotopic (exact) mass is 484 g/mol. The number of amides is 1. The van der Waals surface area contributed by atoms with Crippen molar-refractivity contribution < 1.29 is 9.18 Å². The van der Waals surface area contributed by atoms with Gasteiger partial charge in [0.1, 0.15) is 16.7 Å². The highest BCUT2D eigenvalue weighted by atomic mass is 32.1. The third-order valence-electron chi connectivity index (χ3n) is 5.04. The van der Waals surface area contributed by atoms with Gasteiger partial charge in [-0.25, -0.2) is 4.39 Å². The van der Waals surface area contributed by atoms with Gasteiger partial charge in [-0.05, 0) is 47.9 Å². The normalized spacial score (nSPS) is 10.2. The summed E-state index contributed by atoms with van der Waals surface area (Å²) in [7, 11) is 1.78. The predicted molar refractivity (Wildman–Crippen MR) is 138 cm³/mol. The van der Waals surface area contributed by atoms with Crippen molar-refractivity contribution in [1.82, 2.24) is 15.1 Å². The lowest BCUT2D eigenvalue weighted by Crippen LogP contribution is -2.21. The van der Waals surface area contributed by atoms with E-state index in [1.54, 1.807) is 19.3 Å². The third kappa shape index (κ3) is 5.67. The Hall–Kier alpha value is -4.60. The van der Waals surface area contributed by atoms with E-state index in [2.05, 4.69) is 32.9 Å². The van der Waals surface area contributed by atoms with Crippen molar-refractivity contribution in [3.05, 3.63) is 76.5 Å². The molecule has 2 aromatic heterocycles. The smallest absolute Gasteiger partial charge is 0.296 e. The number of nitrogens with zero attached hydrogens (tertiary/aromatic N) is 2. The zero-order valence-corrected chi connectivity index (χ0v) is 19.6. The number of thiophene rings is 1. The number of terminal acetylenes is 1. The van der Waals surface area contributed by atoms with Gasteiger partial charge in [-0.1, -0.05) is 24.0 Å². The summed E-state index contributed by atoms with van der Waals surface area (Å²) in [5.74, 6) is 7.22. The first kappa shape index (κ1) is 23.6. The Morgan fingerprint density at radius 1 is 1.26 bits per heavy atom. The molecule has 0 spiro atoms. The lowest BCUT2D eigenvalue weighted by Gasteiger charge is -2.09. The molecule has 9 heteroatoms. The molecule has 4 N–H and O–H groups in total. The number of benzene rings is 2. The Labute approximate surface area is 205 Å². The molecular formula is C26H21FN6OS. The first-order valence-electron chi connectivity index (χ1n) is 10.6. The molecule has 0 aliphatic heterocycles. The number of nitrogens with one attached hydrogen (secondary N) is 4. The van der Waals surface area contributed by atoms with Crippen LogP contribution in [0, 0.1) is 35.4 Å². The van der Waals surface area contributed by atoms with E-state index in [9.17, 15) is 9.18 Å². The van der Waals surface area contributed by atoms with Crippen LogP contribution < -0.4 is 16.0 Å². The Bertz CT molecular complexity index is 1520. The predicted octanol–water partition coefficient (Wildman–Crippen LogP) is 3.87. The van der Waals surface area contributed by atoms with Crippen molar-refractivity contribution >= 4 is 44.7 Å². The molecule has 0 bridgehead atoms. The molecule has 2 aromatic carbocycles. The van der Waals surface area contributed by atoms with Crippen molar-refractivity contribution in [2.45, 2.75) is 6.54 Å². The molecule has 0 radical (unpaired) electrons. The van der Waals surface area contributed by atoms with Gasteiger partial charge in [0.15, 0.2) is 0 Å². The molecule has 174 valence electrons. The SMILES string of the molecule is C#CC(=O)NCC#Cc1cc(C(=N)Nc2ccc3c(cnn3Cc3cccc(F)c3)c2)c(NC)s1. The summed E-state index contributed by atoms with van der Waals surface area (Å²) < 4.78 is 15.3. The summed E-state index contributed by atoms with van der Waals surface area (Å²) in [5.41, 5.74) is 3.16. The summed E-state index contributed by atoms with van der Waals surface area (Å²) in [6.45, 7) is 0.605. The van der Waals surface area contributed by atoms with E-state index in [1.165, 1.54) is 23.5 Å². The fourth-order valence-corrected chi connectivity index (χ4v) is 4.33. The zero-order chi connectivity index (χ0) is 24.8. The minimum Gasteiger partial charge on any atom is -0.379 e. The molecule has 0 saturated carbocycles. The van der Waals surface area contributed by atoms with E-state index in [-0.39, 0.29) is 18.2 Å². The highest BCUT2D eigenvalue weighted by molar-refractivity contribution is 7.17. The van der Waals surface area contributed by atoms with Crippen molar-refractivity contribution in [1.29, 1.82) is 5.41 Å². The number of carbonyl (C=O) groups excluding carboxylic acids is 1. The molecule has 7 nitrogen and oxygen atoms in total. The number of rotatable bonds is 6. The number of anilines is 2. The summed E-state index contributed by atoms with van der Waals surface area (Å²) >= 11 is 1.41. The van der Waals surface area contributed by atoms with Crippen molar-refractivity contribution in [3.8, 4) is 24.2 Å². The van der Waals surface area contributed by atoms with Crippen LogP contribution in [0.3, 0.4) is 0 Å². The van der Waals surface area contributed by atoms with Gasteiger partial charge < -0.3 is 16.0 Å². The van der Waals surface area contributed by atoms with Crippen LogP contribution in [0.5, 0.6) is 0 Å². The number of amidine groups is 1. The summed E-state index contributed by atoms with van der Waals surface area (Å²) in [6, 6.07) is 14.0. The first-order valence-corrected chi connectivity index (χ1v) is 11.4. The van der Waals surface area contributed by atoms with Gasteiger partial charge in [0, 0.05) is 18.1 Å². The second-order valence-electron chi connectivity index (χ2n) is 7.44. The lowest BCUT2D eigenvalue weighted by molar-refractivity contribution is -0.115. The van der Waals surface area contributed by atoms with Crippen LogP contribution in [0.2, 0.25) is 0 Å². The molecule has 0 atom stereocenters. The fourth-order valence-electron chi connectivity index (χ4n) is 3.44. The number of aromatic nitrogens is 2. The third-order valence-corrected chi connectivity index (χ3v) is 6.11. The molecule has 4 aromatic rings. The van der Waals surface area contributed by atoms with Gasteiger partial charge >= 0.3 is 0 Å². The summed E-state index contributed by atoms with van der Waals surface area (Å²) in [4.78, 5) is 11.8. The highest BCUT2D eigenvalue weighted by Gasteiger charge is 2.13. The Kier molecular flexibility index (Phi) is 7.10. The standard InChI is InChI=1S/C26H21FN6OS/c1-3-24(34)30-11-5-8-21-14-22(26(29-2)35-21)25(28)32-20-9-10-23-18(13-20)15-31-33(23)16-17-6-4-7-19(27)12-17/h1,4,6-7,9-10,12-15,29H,11,16H2,2H3,(H2,28,32)(H,30,34). The maximum atomic E-state index is 13.5. The highest BCUT2D eigenvalue weighted by Crippen LogP contribution is 2.28. The molecule has 35 heavy (non-hydrogen) atoms. The zero-order valence-electron chi connectivity index (χ0n) is 18.8. The van der Waals surface area contributed by atoms with E-state index in [0.717, 1.165) is 32.0 Å². The molecular weight excluding hydrogens is 463 g/mol. The largest absolute Gasteiger partial charge is 0.379 e. The first-order chi connectivity index (χ1) is 17.0. The number of fused-ring (bicyclic) bond motifs is 1. The number of carbonyl (C=O) groups is 1. The van der Waals surface area contributed by atoms with Crippen molar-refractivity contribution in [3.63, 3.8) is 0 Å². The van der Waals surface area contributed by atoms with Gasteiger partial charge in [-0.15, -0.1) is 17.8 Å². The Balaban J connectivity index is 1.48. The maximum absolute atomic E-state index is 13.5. The van der Waals surface area contributed by atoms with Gasteiger partial charge in [0.2, 0.25) is 0 Å². The Morgan fingerprint density at radius 3 is 2.89 bits per heavy atom. The average Bonchev–Trinajstić information content (AvgIpc) is 3.45. The molecule has 0 aliphatic rings. The van der Waals surface area contributed by atoms with E-state index < -0.39 is 5.91 Å². The van der Waals surface area contributed by atoms with Crippen LogP contribution in [0.1, 0.15) is 16.0 Å². The van der Waals surface area contributed by atoms with Gasteiger partial charge in [-0.3, -0.25) is 14.9 Å². The molecule has 1 amide bonds. The number of halogens is 1. The second kappa shape index (κ2) is 10.6. The molecule has 0 saturated heterocycles. The summed E-state index contributed by atoms with van der Waals surface area (Å²) in [5, 5.41) is 23.4. The van der Waals surface area contributed by atoms with Crippen LogP contribution in [-0.2, 0) is 11.3 Å². The van der Waals surface area contributed by atoms with Crippen LogP contribution in [-0.4, -0.2) is 35.1 Å². The van der Waals surface area contributed by atoms with E-state index in [4.69, 9.17) is 11.8 Å². The van der Waals surface area contributed by atoms with E-state index >= 15 is 0 Å². The number of hydrogen-bond acceptors (Lipinski definition) is 5. The van der Waals surface area contributed by atoms with E-state index in [0.29, 0.717) is 12.1 Å². The summed E-state index contributed by atoms with van der Waals surface area (Å²) in [6.07, 6.45) is 6.76. The minimum atomic E-state index is -0.510. The lowest BCUT2D eigenvalue weighted by atomic mass is 10.2. The van der Waals surface area contributed by atoms with Crippen molar-refractivity contribution in [2.24, 2.45) is 0 Å². The van der Waals surface area contributed by atoms with Crippen LogP contribution in [0.15, 0.2) is 54.7 Å². The number of hydrogen-bond donors (Lipinski definition) is 4. The molecule has 0 aliphatic carbocycles. The maximum Gasteiger partial charge on any atom is 0.296 e.